The quantitative estimate of drug-likeness (QED) is 0.214. The van der Waals surface area contributed by atoms with Gasteiger partial charge >= 0.3 is 0 Å². The monoisotopic (exact) mass is 433 g/mol. The molecule has 154 valence electrons. The third-order valence-electron chi connectivity index (χ3n) is 5.00. The number of anilines is 2. The van der Waals surface area contributed by atoms with Crippen molar-refractivity contribution >= 4 is 47.2 Å². The van der Waals surface area contributed by atoms with Crippen LogP contribution < -0.4 is 15.4 Å². The fourth-order valence-corrected chi connectivity index (χ4v) is 3.46. The van der Waals surface area contributed by atoms with Crippen LogP contribution in [-0.2, 0) is 11.3 Å². The Morgan fingerprint density at radius 3 is 2.83 bits per heavy atom. The minimum Gasteiger partial charge on any atom is -0.355 e. The lowest BCUT2D eigenvalue weighted by molar-refractivity contribution is -0.102. The van der Waals surface area contributed by atoms with Gasteiger partial charge in [-0.3, -0.25) is 19.9 Å². The van der Waals surface area contributed by atoms with Crippen LogP contribution in [0.2, 0.25) is 5.28 Å². The first-order chi connectivity index (χ1) is 13.9. The summed E-state index contributed by atoms with van der Waals surface area (Å²) < 4.78 is 0. The molecule has 3 rings (SSSR count). The summed E-state index contributed by atoms with van der Waals surface area (Å²) in [5.74, 6) is 1.47. The Labute approximate surface area is 179 Å². The number of amidine groups is 1. The van der Waals surface area contributed by atoms with Gasteiger partial charge in [-0.1, -0.05) is 0 Å². The Morgan fingerprint density at radius 2 is 2.24 bits per heavy atom. The van der Waals surface area contributed by atoms with E-state index in [0.29, 0.717) is 35.4 Å². The van der Waals surface area contributed by atoms with Crippen molar-refractivity contribution in [1.82, 2.24) is 15.0 Å². The molecule has 10 heteroatoms. The first-order valence-corrected chi connectivity index (χ1v) is 10.5. The standard InChI is InChI=1S/C19H24ClN7OS/c1-11-17(18(26-19(20)24-11)27(3)12(2)13-4-5-13)25-16(10-28)23-8-14-6-7-15(29-21)9-22-14/h6-7,9-10,12-13H,4-5,8,21H2,1-3H3,(H,23,25). The molecule has 2 aromatic heterocycles. The van der Waals surface area contributed by atoms with Gasteiger partial charge in [-0.25, -0.2) is 4.98 Å². The summed E-state index contributed by atoms with van der Waals surface area (Å²) in [5, 5.41) is 8.76. The molecular formula is C19H24ClN7OS. The van der Waals surface area contributed by atoms with Crippen molar-refractivity contribution in [3.05, 3.63) is 35.0 Å². The predicted octanol–water partition coefficient (Wildman–Crippen LogP) is 3.24. The van der Waals surface area contributed by atoms with E-state index in [0.717, 1.165) is 22.5 Å². The van der Waals surface area contributed by atoms with Gasteiger partial charge in [0, 0.05) is 24.2 Å². The van der Waals surface area contributed by atoms with Gasteiger partial charge in [0.1, 0.15) is 5.69 Å². The Morgan fingerprint density at radius 1 is 1.48 bits per heavy atom. The van der Waals surface area contributed by atoms with Crippen molar-refractivity contribution in [2.24, 2.45) is 16.0 Å². The highest BCUT2D eigenvalue weighted by Crippen LogP contribution is 2.38. The summed E-state index contributed by atoms with van der Waals surface area (Å²) in [7, 11) is 1.98. The van der Waals surface area contributed by atoms with E-state index in [9.17, 15) is 4.79 Å². The lowest BCUT2D eigenvalue weighted by Gasteiger charge is -2.28. The summed E-state index contributed by atoms with van der Waals surface area (Å²) in [6.07, 6.45) is 4.77. The normalized spacial score (nSPS) is 15.1. The number of hydrogen-bond acceptors (Lipinski definition) is 8. The fourth-order valence-electron chi connectivity index (χ4n) is 2.99. The van der Waals surface area contributed by atoms with E-state index in [-0.39, 0.29) is 17.7 Å². The lowest BCUT2D eigenvalue weighted by atomic mass is 10.2. The number of halogens is 1. The molecule has 1 unspecified atom stereocenters. The van der Waals surface area contributed by atoms with Crippen molar-refractivity contribution in [3.63, 3.8) is 0 Å². The summed E-state index contributed by atoms with van der Waals surface area (Å²) in [4.78, 5) is 31.8. The number of carbonyl (C=O) groups excluding carboxylic acids is 1. The van der Waals surface area contributed by atoms with Crippen LogP contribution in [0.5, 0.6) is 0 Å². The third kappa shape index (κ3) is 5.43. The van der Waals surface area contributed by atoms with Gasteiger partial charge in [0.05, 0.1) is 17.9 Å². The van der Waals surface area contributed by atoms with Crippen molar-refractivity contribution in [3.8, 4) is 0 Å². The number of aromatic nitrogens is 3. The molecule has 0 saturated heterocycles. The average molecular weight is 434 g/mol. The number of nitrogens with two attached hydrogens (primary N) is 1. The molecule has 1 atom stereocenters. The van der Waals surface area contributed by atoms with E-state index in [4.69, 9.17) is 16.7 Å². The van der Waals surface area contributed by atoms with Gasteiger partial charge in [-0.15, -0.1) is 0 Å². The average Bonchev–Trinajstić information content (AvgIpc) is 3.56. The largest absolute Gasteiger partial charge is 0.355 e. The van der Waals surface area contributed by atoms with E-state index in [2.05, 4.69) is 37.1 Å². The molecule has 2 heterocycles. The van der Waals surface area contributed by atoms with Gasteiger partial charge in [0.25, 0.3) is 0 Å². The maximum absolute atomic E-state index is 11.6. The van der Waals surface area contributed by atoms with Crippen molar-refractivity contribution in [2.45, 2.75) is 44.2 Å². The molecule has 29 heavy (non-hydrogen) atoms. The van der Waals surface area contributed by atoms with Crippen LogP contribution in [0.3, 0.4) is 0 Å². The second-order valence-corrected chi connectivity index (χ2v) is 8.06. The number of pyridine rings is 1. The molecule has 0 spiro atoms. The van der Waals surface area contributed by atoms with Gasteiger partial charge in [0.15, 0.2) is 17.9 Å². The summed E-state index contributed by atoms with van der Waals surface area (Å²) in [6, 6.07) is 4.00. The lowest BCUT2D eigenvalue weighted by Crippen LogP contribution is -2.33. The smallest absolute Gasteiger partial charge is 0.224 e. The predicted molar refractivity (Wildman–Crippen MR) is 117 cm³/mol. The van der Waals surface area contributed by atoms with Gasteiger partial charge in [0.2, 0.25) is 5.28 Å². The van der Waals surface area contributed by atoms with Crippen molar-refractivity contribution in [1.29, 1.82) is 0 Å². The molecule has 0 aromatic carbocycles. The summed E-state index contributed by atoms with van der Waals surface area (Å²) in [5.41, 5.74) is 2.00. The van der Waals surface area contributed by atoms with Crippen LogP contribution >= 0.6 is 23.5 Å². The molecule has 0 radical (unpaired) electrons. The topological polar surface area (TPSA) is 109 Å². The molecular weight excluding hydrogens is 410 g/mol. The first kappa shape index (κ1) is 21.5. The minimum atomic E-state index is 0.171. The number of aldehydes is 1. The fraction of sp³-hybridized carbons (Fsp3) is 0.421. The molecule has 2 aromatic rings. The SMILES string of the molecule is Cc1nc(Cl)nc(N(C)C(C)C2CC2)c1NC(C=O)=NCc1ccc(SN)cn1. The highest BCUT2D eigenvalue weighted by molar-refractivity contribution is 7.97. The number of nitrogens with one attached hydrogen (secondary N) is 1. The van der Waals surface area contributed by atoms with Crippen LogP contribution in [0.4, 0.5) is 11.5 Å². The molecule has 1 fully saturated rings. The summed E-state index contributed by atoms with van der Waals surface area (Å²) >= 11 is 7.23. The molecule has 1 aliphatic carbocycles. The Balaban J connectivity index is 1.83. The second kappa shape index (κ2) is 9.51. The van der Waals surface area contributed by atoms with E-state index in [1.165, 1.54) is 12.8 Å². The second-order valence-electron chi connectivity index (χ2n) is 7.01. The maximum Gasteiger partial charge on any atom is 0.224 e. The number of hydrogen-bond donors (Lipinski definition) is 2. The van der Waals surface area contributed by atoms with Crippen LogP contribution in [-0.4, -0.2) is 40.2 Å². The zero-order valence-electron chi connectivity index (χ0n) is 16.6. The molecule has 1 saturated carbocycles. The first-order valence-electron chi connectivity index (χ1n) is 9.28. The highest BCUT2D eigenvalue weighted by Gasteiger charge is 2.32. The molecule has 8 nitrogen and oxygen atoms in total. The minimum absolute atomic E-state index is 0.171. The maximum atomic E-state index is 11.6. The molecule has 0 aliphatic heterocycles. The molecule has 0 bridgehead atoms. The third-order valence-corrected chi connectivity index (χ3v) is 5.69. The van der Waals surface area contributed by atoms with Crippen LogP contribution in [0, 0.1) is 12.8 Å². The zero-order valence-corrected chi connectivity index (χ0v) is 18.2. The number of rotatable bonds is 8. The molecule has 0 amide bonds. The van der Waals surface area contributed by atoms with E-state index in [1.54, 1.807) is 6.20 Å². The Hall–Kier alpha value is -2.23. The van der Waals surface area contributed by atoms with Crippen LogP contribution in [0.25, 0.3) is 0 Å². The zero-order chi connectivity index (χ0) is 21.0. The Bertz CT molecular complexity index is 902. The van der Waals surface area contributed by atoms with E-state index >= 15 is 0 Å². The number of aryl methyl sites for hydroxylation is 1. The van der Waals surface area contributed by atoms with Gasteiger partial charge < -0.3 is 10.2 Å². The van der Waals surface area contributed by atoms with Crippen LogP contribution in [0.15, 0.2) is 28.2 Å². The highest BCUT2D eigenvalue weighted by atomic mass is 35.5. The summed E-state index contributed by atoms with van der Waals surface area (Å²) in [6.45, 7) is 4.24. The number of nitrogens with zero attached hydrogens (tertiary/aromatic N) is 5. The molecule has 1 aliphatic rings. The number of aliphatic imine (C=N–C) groups is 1. The Kier molecular flexibility index (Phi) is 7.05. The van der Waals surface area contributed by atoms with Gasteiger partial charge in [-0.2, -0.15) is 4.98 Å². The molecule has 3 N–H and O–H groups in total. The number of carbonyl (C=O) groups is 1. The van der Waals surface area contributed by atoms with Gasteiger partial charge in [-0.05, 0) is 68.3 Å². The van der Waals surface area contributed by atoms with Crippen molar-refractivity contribution < 1.29 is 4.79 Å². The van der Waals surface area contributed by atoms with Crippen molar-refractivity contribution in [2.75, 3.05) is 17.3 Å². The van der Waals surface area contributed by atoms with E-state index < -0.39 is 0 Å². The van der Waals surface area contributed by atoms with E-state index in [1.807, 2.05) is 26.1 Å². The van der Waals surface area contributed by atoms with Crippen LogP contribution in [0.1, 0.15) is 31.2 Å².